The number of rotatable bonds is 14. The van der Waals surface area contributed by atoms with Crippen molar-refractivity contribution in [1.29, 1.82) is 0 Å². The molecule has 0 saturated heterocycles. The van der Waals surface area contributed by atoms with Crippen LogP contribution in [0.5, 0.6) is 0 Å². The number of unbranched alkanes of at least 4 members (excludes halogenated alkanes) is 8. The highest BCUT2D eigenvalue weighted by Gasteiger charge is 2.15. The summed E-state index contributed by atoms with van der Waals surface area (Å²) in [6.45, 7) is 4.40. The van der Waals surface area contributed by atoms with Crippen LogP contribution in [-0.4, -0.2) is 0 Å². The molecule has 0 aliphatic rings. The Morgan fingerprint density at radius 2 is 1.52 bits per heavy atom. The van der Waals surface area contributed by atoms with Crippen LogP contribution in [0.3, 0.4) is 0 Å². The van der Waals surface area contributed by atoms with E-state index in [4.69, 9.17) is 4.52 Å². The van der Waals surface area contributed by atoms with E-state index >= 15 is 0 Å². The van der Waals surface area contributed by atoms with Gasteiger partial charge >= 0.3 is 5.77 Å². The molecule has 0 radical (unpaired) electrons. The van der Waals surface area contributed by atoms with E-state index < -0.39 is 5.77 Å². The summed E-state index contributed by atoms with van der Waals surface area (Å²) in [6.07, 6.45) is 17.5. The Labute approximate surface area is 140 Å². The topological polar surface area (TPSA) is 26.3 Å². The zero-order valence-corrected chi connectivity index (χ0v) is 16.1. The molecule has 0 aliphatic heterocycles. The van der Waals surface area contributed by atoms with E-state index in [-0.39, 0.29) is 0 Å². The van der Waals surface area contributed by atoms with Gasteiger partial charge in [-0.1, -0.05) is 70.7 Å². The molecule has 0 aromatic heterocycles. The maximum Gasteiger partial charge on any atom is 0.360 e. The number of hydrogen-bond acceptors (Lipinski definition) is 3. The van der Waals surface area contributed by atoms with E-state index in [9.17, 15) is 4.57 Å². The van der Waals surface area contributed by atoms with E-state index in [1.165, 1.54) is 56.3 Å². The second-order valence-electron chi connectivity index (χ2n) is 5.12. The summed E-state index contributed by atoms with van der Waals surface area (Å²) in [4.78, 5) is 0. The lowest BCUT2D eigenvalue weighted by molar-refractivity contribution is 0.471. The molecule has 1 atom stereocenters. The molecule has 0 spiro atoms. The van der Waals surface area contributed by atoms with Gasteiger partial charge in [0.05, 0.1) is 6.26 Å². The summed E-state index contributed by atoms with van der Waals surface area (Å²) >= 11 is 5.28. The largest absolute Gasteiger partial charge is 0.437 e. The average Bonchev–Trinajstić information content (AvgIpc) is 2.45. The lowest BCUT2D eigenvalue weighted by atomic mass is 10.2. The molecular weight excluding hydrogens is 319 g/mol. The van der Waals surface area contributed by atoms with Crippen molar-refractivity contribution in [2.75, 3.05) is 0 Å². The molecule has 124 valence electrons. The molecule has 0 aliphatic carbocycles. The Balaban J connectivity index is 3.65. The van der Waals surface area contributed by atoms with Crippen LogP contribution in [0.15, 0.2) is 23.8 Å². The molecule has 0 amide bonds. The average molecular weight is 351 g/mol. The van der Waals surface area contributed by atoms with E-state index in [0.717, 1.165) is 19.3 Å². The highest BCUT2D eigenvalue weighted by Crippen LogP contribution is 2.64. The van der Waals surface area contributed by atoms with Crippen molar-refractivity contribution in [2.45, 2.75) is 78.1 Å². The molecule has 0 aromatic carbocycles. The molecule has 0 N–H and O–H groups in total. The lowest BCUT2D eigenvalue weighted by Gasteiger charge is -2.06. The first kappa shape index (κ1) is 21.2. The zero-order valence-electron chi connectivity index (χ0n) is 13.5. The summed E-state index contributed by atoms with van der Waals surface area (Å²) in [6, 6.07) is 0. The molecule has 21 heavy (non-hydrogen) atoms. The van der Waals surface area contributed by atoms with Gasteiger partial charge in [-0.25, -0.2) is 0 Å². The third-order valence-corrected chi connectivity index (χ3v) is 6.55. The van der Waals surface area contributed by atoms with Gasteiger partial charge in [0, 0.05) is 0 Å². The van der Waals surface area contributed by atoms with Crippen LogP contribution >= 0.6 is 29.4 Å². The van der Waals surface area contributed by atoms with E-state index in [2.05, 4.69) is 32.2 Å². The standard InChI is InChI=1S/C16H31O2PS2/c1-3-5-7-9-11-13-15-18-19(17,20)21-16-14-12-10-8-6-4-2/h13-16H,3-12H2,1-2H3,(H,17,20)/b15-13+,16-14+. The van der Waals surface area contributed by atoms with E-state index in [1.54, 1.807) is 6.26 Å². The highest BCUT2D eigenvalue weighted by molar-refractivity contribution is 8.85. The van der Waals surface area contributed by atoms with Gasteiger partial charge in [0.2, 0.25) is 0 Å². The third kappa shape index (κ3) is 16.4. The van der Waals surface area contributed by atoms with Crippen LogP contribution in [-0.2, 0) is 9.09 Å². The van der Waals surface area contributed by atoms with Gasteiger partial charge in [0.15, 0.2) is 0 Å². The van der Waals surface area contributed by atoms with Crippen LogP contribution < -0.4 is 0 Å². The molecular formula is C16H31O2PS2. The van der Waals surface area contributed by atoms with Crippen LogP contribution in [0.2, 0.25) is 0 Å². The first-order valence-corrected chi connectivity index (χ1v) is 12.4. The Bertz CT molecular complexity index is 302. The van der Waals surface area contributed by atoms with Gasteiger partial charge in [-0.3, -0.25) is 4.57 Å². The fourth-order valence-corrected chi connectivity index (χ4v) is 4.12. The summed E-state index contributed by atoms with van der Waals surface area (Å²) in [5.74, 6) is -2.88. The highest BCUT2D eigenvalue weighted by atomic mass is 33.1. The molecule has 0 heterocycles. The number of allylic oxidation sites excluding steroid dienone is 2. The predicted molar refractivity (Wildman–Crippen MR) is 101 cm³/mol. The molecule has 1 unspecified atom stereocenters. The molecule has 0 fully saturated rings. The molecule has 2 nitrogen and oxygen atoms in total. The molecule has 0 rings (SSSR count). The number of hydrogen-bond donors (Lipinski definition) is 1. The van der Waals surface area contributed by atoms with Gasteiger partial charge < -0.3 is 4.52 Å². The monoisotopic (exact) mass is 350 g/mol. The quantitative estimate of drug-likeness (QED) is 0.150. The Hall–Kier alpha value is 0.210. The SMILES string of the molecule is CCCCCC/C=C/OP(=O)(S)S/C=C/CCCCCC. The minimum atomic E-state index is -2.88. The van der Waals surface area contributed by atoms with Crippen LogP contribution in [0.4, 0.5) is 0 Å². The van der Waals surface area contributed by atoms with Crippen molar-refractivity contribution in [3.8, 4) is 0 Å². The second-order valence-corrected chi connectivity index (χ2v) is 11.2. The minimum absolute atomic E-state index is 0.978. The normalized spacial score (nSPS) is 14.8. The van der Waals surface area contributed by atoms with Crippen LogP contribution in [0, 0.1) is 0 Å². The smallest absolute Gasteiger partial charge is 0.360 e. The summed E-state index contributed by atoms with van der Waals surface area (Å²) in [7, 11) is 0. The van der Waals surface area contributed by atoms with E-state index in [1.807, 2.05) is 11.5 Å². The summed E-state index contributed by atoms with van der Waals surface area (Å²) < 4.78 is 17.2. The second kappa shape index (κ2) is 15.1. The Kier molecular flexibility index (Phi) is 15.3. The fourth-order valence-electron chi connectivity index (χ4n) is 1.78. The predicted octanol–water partition coefficient (Wildman–Crippen LogP) is 7.74. The van der Waals surface area contributed by atoms with Crippen molar-refractivity contribution in [3.63, 3.8) is 0 Å². The minimum Gasteiger partial charge on any atom is -0.437 e. The van der Waals surface area contributed by atoms with Gasteiger partial charge in [0.25, 0.3) is 0 Å². The summed E-state index contributed by atoms with van der Waals surface area (Å²) in [5.41, 5.74) is 0. The third-order valence-electron chi connectivity index (χ3n) is 3.03. The van der Waals surface area contributed by atoms with Crippen molar-refractivity contribution >= 4 is 29.4 Å². The fraction of sp³-hybridized carbons (Fsp3) is 0.750. The first-order chi connectivity index (χ1) is 10.1. The van der Waals surface area contributed by atoms with Gasteiger partial charge in [-0.05, 0) is 48.5 Å². The van der Waals surface area contributed by atoms with Crippen molar-refractivity contribution in [3.05, 3.63) is 23.8 Å². The lowest BCUT2D eigenvalue weighted by Crippen LogP contribution is -1.75. The molecule has 0 bridgehead atoms. The van der Waals surface area contributed by atoms with Crippen molar-refractivity contribution in [2.24, 2.45) is 0 Å². The zero-order chi connectivity index (χ0) is 15.8. The van der Waals surface area contributed by atoms with Gasteiger partial charge in [-0.15, -0.1) is 0 Å². The molecule has 0 saturated carbocycles. The van der Waals surface area contributed by atoms with Crippen LogP contribution in [0.1, 0.15) is 78.1 Å². The van der Waals surface area contributed by atoms with Gasteiger partial charge in [-0.2, -0.15) is 0 Å². The van der Waals surface area contributed by atoms with Gasteiger partial charge in [0.1, 0.15) is 0 Å². The Morgan fingerprint density at radius 3 is 2.10 bits per heavy atom. The summed E-state index contributed by atoms with van der Waals surface area (Å²) in [5, 5.41) is 1.86. The van der Waals surface area contributed by atoms with Crippen LogP contribution in [0.25, 0.3) is 0 Å². The number of thiol groups is 1. The van der Waals surface area contributed by atoms with Crippen molar-refractivity contribution < 1.29 is 9.09 Å². The van der Waals surface area contributed by atoms with E-state index in [0.29, 0.717) is 0 Å². The first-order valence-electron chi connectivity index (χ1n) is 8.12. The maximum absolute atomic E-state index is 12.0. The van der Waals surface area contributed by atoms with Crippen molar-refractivity contribution in [1.82, 2.24) is 0 Å². The maximum atomic E-state index is 12.0. The Morgan fingerprint density at radius 1 is 0.952 bits per heavy atom. The molecule has 5 heteroatoms. The molecule has 0 aromatic rings.